The molecule has 2 fully saturated rings. The minimum Gasteiger partial charge on any atom is -0.395 e. The van der Waals surface area contributed by atoms with Crippen LogP contribution < -0.4 is 0 Å². The van der Waals surface area contributed by atoms with E-state index >= 15 is 0 Å². The van der Waals surface area contributed by atoms with Crippen molar-refractivity contribution in [1.29, 1.82) is 0 Å². The number of hydrogen-bond donors (Lipinski definition) is 1. The largest absolute Gasteiger partial charge is 0.395 e. The molecule has 2 aliphatic heterocycles. The molecule has 2 saturated heterocycles. The SMILES string of the molecule is O=C1[C@@H](Cc2ccccc2)CCCN1N1CCC[C@H]1CO. The molecule has 2 atom stereocenters. The first-order valence-electron chi connectivity index (χ1n) is 8.02. The average Bonchev–Trinajstić information content (AvgIpc) is 2.99. The first-order chi connectivity index (χ1) is 10.3. The van der Waals surface area contributed by atoms with Crippen LogP contribution in [0.3, 0.4) is 0 Å². The van der Waals surface area contributed by atoms with Crippen molar-refractivity contribution in [3.05, 3.63) is 35.9 Å². The van der Waals surface area contributed by atoms with E-state index in [0.29, 0.717) is 0 Å². The molecular formula is C17H24N2O2. The van der Waals surface area contributed by atoms with Crippen LogP contribution in [0.5, 0.6) is 0 Å². The van der Waals surface area contributed by atoms with Gasteiger partial charge in [0.25, 0.3) is 0 Å². The van der Waals surface area contributed by atoms with Gasteiger partial charge in [-0.25, -0.2) is 5.01 Å². The summed E-state index contributed by atoms with van der Waals surface area (Å²) in [5, 5.41) is 13.5. The van der Waals surface area contributed by atoms with Gasteiger partial charge in [0.15, 0.2) is 0 Å². The molecule has 0 saturated carbocycles. The molecule has 0 aromatic heterocycles. The summed E-state index contributed by atoms with van der Waals surface area (Å²) in [4.78, 5) is 12.8. The number of amides is 1. The third-order valence-corrected chi connectivity index (χ3v) is 4.72. The number of hydrazine groups is 1. The number of carbonyl (C=O) groups excluding carboxylic acids is 1. The molecular weight excluding hydrogens is 264 g/mol. The van der Waals surface area contributed by atoms with E-state index in [2.05, 4.69) is 17.1 Å². The molecule has 1 N–H and O–H groups in total. The van der Waals surface area contributed by atoms with E-state index in [1.54, 1.807) is 0 Å². The summed E-state index contributed by atoms with van der Waals surface area (Å²) in [7, 11) is 0. The standard InChI is InChI=1S/C17H24N2O2/c20-13-16-9-5-10-18(16)19-11-4-8-15(17(19)21)12-14-6-2-1-3-7-14/h1-3,6-7,15-16,20H,4-5,8-13H2/t15-,16+/m1/s1. The third kappa shape index (κ3) is 3.11. The number of hydrogen-bond acceptors (Lipinski definition) is 3. The van der Waals surface area contributed by atoms with Crippen molar-refractivity contribution < 1.29 is 9.90 Å². The quantitative estimate of drug-likeness (QED) is 0.919. The van der Waals surface area contributed by atoms with Crippen molar-refractivity contribution in [2.24, 2.45) is 5.92 Å². The van der Waals surface area contributed by atoms with Gasteiger partial charge in [-0.15, -0.1) is 0 Å². The summed E-state index contributed by atoms with van der Waals surface area (Å²) in [5.41, 5.74) is 1.23. The van der Waals surface area contributed by atoms with Gasteiger partial charge in [-0.3, -0.25) is 9.80 Å². The van der Waals surface area contributed by atoms with E-state index in [1.165, 1.54) is 5.56 Å². The first-order valence-corrected chi connectivity index (χ1v) is 8.02. The number of piperidine rings is 1. The van der Waals surface area contributed by atoms with Gasteiger partial charge in [-0.1, -0.05) is 30.3 Å². The molecule has 1 aromatic carbocycles. The van der Waals surface area contributed by atoms with Crippen LogP contribution in [0.25, 0.3) is 0 Å². The van der Waals surface area contributed by atoms with Crippen molar-refractivity contribution in [1.82, 2.24) is 10.0 Å². The molecule has 2 heterocycles. The molecule has 0 bridgehead atoms. The lowest BCUT2D eigenvalue weighted by Crippen LogP contribution is -2.54. The summed E-state index contributed by atoms with van der Waals surface area (Å²) in [5.74, 6) is 0.326. The zero-order valence-corrected chi connectivity index (χ0v) is 12.4. The molecule has 0 radical (unpaired) electrons. The molecule has 114 valence electrons. The predicted octanol–water partition coefficient (Wildman–Crippen LogP) is 1.84. The Labute approximate surface area is 126 Å². The smallest absolute Gasteiger partial charge is 0.240 e. The number of nitrogens with zero attached hydrogens (tertiary/aromatic N) is 2. The lowest BCUT2D eigenvalue weighted by Gasteiger charge is -2.40. The van der Waals surface area contributed by atoms with Crippen LogP contribution in [0.4, 0.5) is 0 Å². The molecule has 1 amide bonds. The summed E-state index contributed by atoms with van der Waals surface area (Å²) in [6.07, 6.45) is 4.91. The number of aliphatic hydroxyl groups is 1. The van der Waals surface area contributed by atoms with Crippen LogP contribution in [0, 0.1) is 5.92 Å². The molecule has 0 unspecified atom stereocenters. The third-order valence-electron chi connectivity index (χ3n) is 4.72. The second kappa shape index (κ2) is 6.58. The molecule has 1 aromatic rings. The maximum Gasteiger partial charge on any atom is 0.240 e. The van der Waals surface area contributed by atoms with Crippen molar-refractivity contribution in [2.45, 2.75) is 38.1 Å². The Bertz CT molecular complexity index is 477. The Hall–Kier alpha value is -1.39. The maximum atomic E-state index is 12.8. The van der Waals surface area contributed by atoms with Crippen LogP contribution in [0.1, 0.15) is 31.2 Å². The van der Waals surface area contributed by atoms with Gasteiger partial charge in [0.05, 0.1) is 12.6 Å². The van der Waals surface area contributed by atoms with E-state index in [-0.39, 0.29) is 24.5 Å². The Morgan fingerprint density at radius 2 is 1.86 bits per heavy atom. The molecule has 0 spiro atoms. The van der Waals surface area contributed by atoms with Crippen molar-refractivity contribution in [3.8, 4) is 0 Å². The number of rotatable bonds is 4. The van der Waals surface area contributed by atoms with Gasteiger partial charge < -0.3 is 5.11 Å². The lowest BCUT2D eigenvalue weighted by molar-refractivity contribution is -0.161. The first kappa shape index (κ1) is 14.5. The Morgan fingerprint density at radius 3 is 2.62 bits per heavy atom. The highest BCUT2D eigenvalue weighted by molar-refractivity contribution is 5.79. The molecule has 4 heteroatoms. The van der Waals surface area contributed by atoms with Gasteiger partial charge in [0, 0.05) is 19.0 Å². The summed E-state index contributed by atoms with van der Waals surface area (Å²) < 4.78 is 0. The minimum absolute atomic E-state index is 0.0843. The van der Waals surface area contributed by atoms with Crippen molar-refractivity contribution >= 4 is 5.91 Å². The molecule has 21 heavy (non-hydrogen) atoms. The van der Waals surface area contributed by atoms with E-state index in [9.17, 15) is 9.90 Å². The summed E-state index contributed by atoms with van der Waals surface area (Å²) >= 11 is 0. The molecule has 3 rings (SSSR count). The van der Waals surface area contributed by atoms with E-state index in [1.807, 2.05) is 23.2 Å². The van der Waals surface area contributed by atoms with E-state index < -0.39 is 0 Å². The minimum atomic E-state index is 0.0843. The fraction of sp³-hybridized carbons (Fsp3) is 0.588. The fourth-order valence-corrected chi connectivity index (χ4v) is 3.60. The van der Waals surface area contributed by atoms with Crippen LogP contribution in [-0.2, 0) is 11.2 Å². The highest BCUT2D eigenvalue weighted by Crippen LogP contribution is 2.27. The van der Waals surface area contributed by atoms with Gasteiger partial charge in [-0.2, -0.15) is 0 Å². The zero-order valence-electron chi connectivity index (χ0n) is 12.4. The van der Waals surface area contributed by atoms with Gasteiger partial charge in [-0.05, 0) is 37.7 Å². The number of carbonyl (C=O) groups is 1. The highest BCUT2D eigenvalue weighted by atomic mass is 16.3. The molecule has 2 aliphatic rings. The van der Waals surface area contributed by atoms with Crippen molar-refractivity contribution in [3.63, 3.8) is 0 Å². The topological polar surface area (TPSA) is 43.8 Å². The van der Waals surface area contributed by atoms with Crippen LogP contribution in [0.15, 0.2) is 30.3 Å². The van der Waals surface area contributed by atoms with Crippen molar-refractivity contribution in [2.75, 3.05) is 19.7 Å². The summed E-state index contributed by atoms with van der Waals surface area (Å²) in [6.45, 7) is 1.85. The predicted molar refractivity (Wildman–Crippen MR) is 81.4 cm³/mol. The highest BCUT2D eigenvalue weighted by Gasteiger charge is 2.36. The molecule has 0 aliphatic carbocycles. The van der Waals surface area contributed by atoms with Gasteiger partial charge in [0.1, 0.15) is 0 Å². The van der Waals surface area contributed by atoms with Gasteiger partial charge in [0.2, 0.25) is 5.91 Å². The Kier molecular flexibility index (Phi) is 4.56. The Balaban J connectivity index is 1.69. The second-order valence-corrected chi connectivity index (χ2v) is 6.13. The van der Waals surface area contributed by atoms with E-state index in [0.717, 1.165) is 45.2 Å². The van der Waals surface area contributed by atoms with Crippen LogP contribution in [0.2, 0.25) is 0 Å². The number of benzene rings is 1. The average molecular weight is 288 g/mol. The van der Waals surface area contributed by atoms with Gasteiger partial charge >= 0.3 is 0 Å². The Morgan fingerprint density at radius 1 is 1.10 bits per heavy atom. The van der Waals surface area contributed by atoms with E-state index in [4.69, 9.17) is 0 Å². The molecule has 4 nitrogen and oxygen atoms in total. The monoisotopic (exact) mass is 288 g/mol. The maximum absolute atomic E-state index is 12.8. The van der Waals surface area contributed by atoms with Crippen LogP contribution in [-0.4, -0.2) is 46.8 Å². The fourth-order valence-electron chi connectivity index (χ4n) is 3.60. The second-order valence-electron chi connectivity index (χ2n) is 6.13. The number of aliphatic hydroxyl groups excluding tert-OH is 1. The normalized spacial score (nSPS) is 27.3. The zero-order chi connectivity index (χ0) is 14.7. The lowest BCUT2D eigenvalue weighted by atomic mass is 9.91. The summed E-state index contributed by atoms with van der Waals surface area (Å²) in [6, 6.07) is 10.4. The van der Waals surface area contributed by atoms with Crippen LogP contribution >= 0.6 is 0 Å².